The second-order valence-electron chi connectivity index (χ2n) is 15.7. The number of oxazole rings is 1. The molecule has 3 aromatic heterocycles. The zero-order valence-corrected chi connectivity index (χ0v) is 39.9. The molecule has 4 heterocycles. The smallest absolute Gasteiger partial charge is 0.292 e. The van der Waals surface area contributed by atoms with Crippen LogP contribution in [0, 0.1) is 0 Å². The number of nitrogens with one attached hydrogen (secondary N) is 2. The Labute approximate surface area is 400 Å². The van der Waals surface area contributed by atoms with Crippen molar-refractivity contribution >= 4 is 55.8 Å². The molecule has 2 aromatic carbocycles. The van der Waals surface area contributed by atoms with E-state index < -0.39 is 10.0 Å². The highest BCUT2D eigenvalue weighted by Crippen LogP contribution is 2.33. The van der Waals surface area contributed by atoms with E-state index in [4.69, 9.17) is 58.9 Å². The number of fused-ring (bicyclic) bond motifs is 3. The number of ether oxygens (including phenoxy) is 8. The lowest BCUT2D eigenvalue weighted by Crippen LogP contribution is -2.40. The molecule has 378 valence electrons. The Bertz CT molecular complexity index is 2490. The third-order valence-corrected chi connectivity index (χ3v) is 12.4. The van der Waals surface area contributed by atoms with E-state index in [1.54, 1.807) is 10.7 Å². The van der Waals surface area contributed by atoms with Gasteiger partial charge in [-0.05, 0) is 41.3 Å². The maximum Gasteiger partial charge on any atom is 0.292 e. The average molecular weight is 985 g/mol. The van der Waals surface area contributed by atoms with Crippen LogP contribution in [0.3, 0.4) is 0 Å². The molecule has 0 aliphatic carbocycles. The summed E-state index contributed by atoms with van der Waals surface area (Å²) in [5.74, 6) is -0.282. The van der Waals surface area contributed by atoms with Crippen LogP contribution < -0.4 is 22.1 Å². The van der Waals surface area contributed by atoms with Crippen molar-refractivity contribution in [3.05, 3.63) is 59.4 Å². The molecule has 6 rings (SSSR count). The van der Waals surface area contributed by atoms with Crippen LogP contribution in [0.5, 0.6) is 0 Å². The minimum Gasteiger partial charge on any atom is -0.424 e. The van der Waals surface area contributed by atoms with Crippen molar-refractivity contribution in [1.29, 1.82) is 0 Å². The molecule has 0 fully saturated rings. The van der Waals surface area contributed by atoms with E-state index in [0.29, 0.717) is 159 Å². The predicted molar refractivity (Wildman–Crippen MR) is 253 cm³/mol. The fraction of sp³-hybridized carbons (Fsp3) is 0.556. The number of nitrogen functional groups attached to an aromatic ring is 2. The highest BCUT2D eigenvalue weighted by atomic mass is 32.2. The summed E-state index contributed by atoms with van der Waals surface area (Å²) in [6.07, 6.45) is 2.04. The maximum absolute atomic E-state index is 13.3. The van der Waals surface area contributed by atoms with E-state index in [-0.39, 0.29) is 49.7 Å². The predicted octanol–water partition coefficient (Wildman–Crippen LogP) is 1.31. The number of hydrogen-bond donors (Lipinski definition) is 4. The summed E-state index contributed by atoms with van der Waals surface area (Å²) in [6.45, 7) is 9.55. The van der Waals surface area contributed by atoms with Gasteiger partial charge in [-0.3, -0.25) is 9.59 Å². The lowest BCUT2D eigenvalue weighted by Gasteiger charge is -2.28. The lowest BCUT2D eigenvalue weighted by atomic mass is 9.98. The molecule has 0 radical (unpaired) electrons. The number of amides is 2. The molecule has 0 saturated heterocycles. The standard InChI is InChI=1S/C45H64N10O13S/c1-33(56)48-8-12-61-14-16-63-18-20-65-22-24-67-26-25-66-23-21-64-19-17-62-15-13-60-11-7-40(57)49-9-27-69(58,59)54-10-6-35-28-34(2-3-37(35)31-54)30-55-44-41(43(46)50-32-51-44)42(53-55)36-4-5-39-38(29-36)52-45(47)68-39/h2-5,28-29,32H,6-27,30-31H2,1H3,(H2,47,52)(H,48,56)(H,49,57)(H2,46,50,51). The summed E-state index contributed by atoms with van der Waals surface area (Å²) in [5.41, 5.74) is 18.1. The molecule has 0 unspecified atom stereocenters. The number of carbonyl (C=O) groups excluding carboxylic acids is 2. The number of sulfonamides is 1. The third kappa shape index (κ3) is 17.5. The number of hydrogen-bond acceptors (Lipinski definition) is 19. The van der Waals surface area contributed by atoms with Crippen LogP contribution in [0.2, 0.25) is 0 Å². The third-order valence-electron chi connectivity index (χ3n) is 10.6. The topological polar surface area (TPSA) is 291 Å². The molecule has 0 bridgehead atoms. The van der Waals surface area contributed by atoms with Gasteiger partial charge >= 0.3 is 0 Å². The van der Waals surface area contributed by atoms with Crippen LogP contribution in [0.4, 0.5) is 11.8 Å². The molecular formula is C45H64N10O13S. The Morgan fingerprint density at radius 3 is 1.96 bits per heavy atom. The summed E-state index contributed by atoms with van der Waals surface area (Å²) in [7, 11) is -3.63. The number of nitrogens with zero attached hydrogens (tertiary/aromatic N) is 6. The van der Waals surface area contributed by atoms with Gasteiger partial charge in [-0.2, -0.15) is 14.4 Å². The van der Waals surface area contributed by atoms with Crippen molar-refractivity contribution in [2.45, 2.75) is 32.9 Å². The van der Waals surface area contributed by atoms with Crippen molar-refractivity contribution in [3.63, 3.8) is 0 Å². The average Bonchev–Trinajstić information content (AvgIpc) is 3.90. The van der Waals surface area contributed by atoms with Crippen molar-refractivity contribution < 1.29 is 60.3 Å². The minimum atomic E-state index is -3.63. The van der Waals surface area contributed by atoms with E-state index >= 15 is 0 Å². The lowest BCUT2D eigenvalue weighted by molar-refractivity contribution is -0.122. The molecule has 24 heteroatoms. The Balaban J connectivity index is 0.750. The molecule has 1 aliphatic heterocycles. The van der Waals surface area contributed by atoms with Gasteiger partial charge < -0.3 is 64.4 Å². The van der Waals surface area contributed by atoms with E-state index in [0.717, 1.165) is 22.3 Å². The summed E-state index contributed by atoms with van der Waals surface area (Å²) < 4.78 is 78.9. The molecule has 1 aliphatic rings. The summed E-state index contributed by atoms with van der Waals surface area (Å²) in [5, 5.41) is 10.8. The Morgan fingerprint density at radius 1 is 0.725 bits per heavy atom. The SMILES string of the molecule is CC(=O)NCCOCCOCCOCCOCCOCCOCCOCCOCCC(=O)NCCS(=O)(=O)N1CCc2cc(Cn3nc(-c4ccc5oc(N)nc5c4)c4c(N)ncnc43)ccc2C1. The number of aromatic nitrogens is 5. The molecule has 0 atom stereocenters. The summed E-state index contributed by atoms with van der Waals surface area (Å²) >= 11 is 0. The van der Waals surface area contributed by atoms with Gasteiger partial charge in [-0.25, -0.2) is 23.1 Å². The van der Waals surface area contributed by atoms with Crippen molar-refractivity contribution in [2.75, 3.05) is 143 Å². The van der Waals surface area contributed by atoms with Gasteiger partial charge in [0.25, 0.3) is 6.01 Å². The quantitative estimate of drug-likeness (QED) is 0.0423. The summed E-state index contributed by atoms with van der Waals surface area (Å²) in [4.78, 5) is 36.1. The van der Waals surface area contributed by atoms with E-state index in [1.165, 1.54) is 17.6 Å². The minimum absolute atomic E-state index is 0.00423. The van der Waals surface area contributed by atoms with Gasteiger partial charge in [0.05, 0.1) is 123 Å². The molecule has 69 heavy (non-hydrogen) atoms. The molecular weight excluding hydrogens is 921 g/mol. The van der Waals surface area contributed by atoms with Gasteiger partial charge in [0, 0.05) is 45.1 Å². The van der Waals surface area contributed by atoms with Gasteiger partial charge in [0.1, 0.15) is 23.4 Å². The monoisotopic (exact) mass is 984 g/mol. The molecule has 0 spiro atoms. The number of carbonyl (C=O) groups is 2. The van der Waals surface area contributed by atoms with Crippen LogP contribution in [0.15, 0.2) is 47.1 Å². The molecule has 6 N–H and O–H groups in total. The van der Waals surface area contributed by atoms with Crippen molar-refractivity contribution in [1.82, 2.24) is 39.7 Å². The molecule has 5 aromatic rings. The van der Waals surface area contributed by atoms with Crippen LogP contribution in [-0.4, -0.2) is 180 Å². The van der Waals surface area contributed by atoms with Crippen LogP contribution >= 0.6 is 0 Å². The van der Waals surface area contributed by atoms with Gasteiger partial charge in [0.2, 0.25) is 21.8 Å². The fourth-order valence-corrected chi connectivity index (χ4v) is 8.49. The summed E-state index contributed by atoms with van der Waals surface area (Å²) in [6, 6.07) is 11.5. The second-order valence-corrected chi connectivity index (χ2v) is 17.8. The number of benzene rings is 2. The van der Waals surface area contributed by atoms with E-state index in [9.17, 15) is 18.0 Å². The Kier molecular flexibility index (Phi) is 21.7. The second kappa shape index (κ2) is 28.3. The Morgan fingerprint density at radius 2 is 1.33 bits per heavy atom. The highest BCUT2D eigenvalue weighted by molar-refractivity contribution is 7.89. The first-order valence-electron chi connectivity index (χ1n) is 22.9. The van der Waals surface area contributed by atoms with Crippen molar-refractivity contribution in [2.24, 2.45) is 0 Å². The maximum atomic E-state index is 13.3. The first-order chi connectivity index (χ1) is 33.6. The van der Waals surface area contributed by atoms with Gasteiger partial charge in [-0.1, -0.05) is 18.2 Å². The fourth-order valence-electron chi connectivity index (χ4n) is 7.17. The zero-order valence-electron chi connectivity index (χ0n) is 39.1. The van der Waals surface area contributed by atoms with E-state index in [2.05, 4.69) is 31.7 Å². The van der Waals surface area contributed by atoms with Gasteiger partial charge in [-0.15, -0.1) is 0 Å². The Hall–Kier alpha value is -5.41. The first kappa shape index (κ1) is 53.0. The normalized spacial score (nSPS) is 13.1. The largest absolute Gasteiger partial charge is 0.424 e. The van der Waals surface area contributed by atoms with Crippen LogP contribution in [0.1, 0.15) is 30.0 Å². The van der Waals surface area contributed by atoms with Crippen LogP contribution in [0.25, 0.3) is 33.4 Å². The van der Waals surface area contributed by atoms with Gasteiger partial charge in [0.15, 0.2) is 11.2 Å². The molecule has 2 amide bonds. The number of anilines is 2. The highest BCUT2D eigenvalue weighted by Gasteiger charge is 2.27. The molecule has 23 nitrogen and oxygen atoms in total. The number of rotatable bonds is 34. The van der Waals surface area contributed by atoms with Crippen LogP contribution in [-0.2, 0) is 77.0 Å². The van der Waals surface area contributed by atoms with Crippen molar-refractivity contribution in [3.8, 4) is 11.3 Å². The zero-order chi connectivity index (χ0) is 48.7. The number of nitrogens with two attached hydrogens (primary N) is 2. The van der Waals surface area contributed by atoms with E-state index in [1.807, 2.05) is 24.3 Å². The first-order valence-corrected chi connectivity index (χ1v) is 24.5. The molecule has 0 saturated carbocycles.